The number of amides is 1. The number of hydrazone groups is 1. The minimum absolute atomic E-state index is 0.0337. The predicted molar refractivity (Wildman–Crippen MR) is 94.0 cm³/mol. The van der Waals surface area contributed by atoms with Gasteiger partial charge in [-0.15, -0.1) is 0 Å². The first-order valence-electron chi connectivity index (χ1n) is 8.50. The van der Waals surface area contributed by atoms with Crippen LogP contribution in [0, 0.1) is 5.92 Å². The molecule has 0 heterocycles. The van der Waals surface area contributed by atoms with Crippen LogP contribution in [0.4, 0.5) is 4.79 Å². The van der Waals surface area contributed by atoms with Crippen molar-refractivity contribution in [3.8, 4) is 0 Å². The molecule has 24 heavy (non-hydrogen) atoms. The average molecular weight is 338 g/mol. The molecule has 6 nitrogen and oxygen atoms in total. The summed E-state index contributed by atoms with van der Waals surface area (Å²) in [4.78, 5) is 24.7. The number of allylic oxidation sites excluding steroid dienone is 2. The Morgan fingerprint density at radius 2 is 1.79 bits per heavy atom. The molecule has 6 heteroatoms. The summed E-state index contributed by atoms with van der Waals surface area (Å²) < 4.78 is 5.39. The lowest BCUT2D eigenvalue weighted by molar-refractivity contribution is -0.115. The Morgan fingerprint density at radius 1 is 1.21 bits per heavy atom. The fourth-order valence-corrected chi connectivity index (χ4v) is 2.31. The molecule has 1 rings (SSSR count). The minimum atomic E-state index is -0.633. The molecular formula is C18H30N2O4. The highest BCUT2D eigenvalue weighted by atomic mass is 16.6. The van der Waals surface area contributed by atoms with Crippen LogP contribution in [-0.2, 0) is 9.53 Å². The number of aliphatic hydroxyl groups is 1. The van der Waals surface area contributed by atoms with Crippen molar-refractivity contribution >= 4 is 17.6 Å². The van der Waals surface area contributed by atoms with Gasteiger partial charge in [-0.1, -0.05) is 13.8 Å². The molecule has 1 N–H and O–H groups in total. The zero-order valence-corrected chi connectivity index (χ0v) is 15.8. The maximum absolute atomic E-state index is 12.4. The molecule has 0 saturated heterocycles. The lowest BCUT2D eigenvalue weighted by atomic mass is 9.88. The standard InChI is InChI=1S/C18H30N2O4/c1-11(2)16(22)15-13(9-8-10-14(15)21)19-20(12(3)4)17(23)24-18(5,6)7/h11-12,22H,8-10H2,1-7H3. The van der Waals surface area contributed by atoms with E-state index in [1.807, 2.05) is 27.7 Å². The highest BCUT2D eigenvalue weighted by Gasteiger charge is 2.30. The minimum Gasteiger partial charge on any atom is -0.511 e. The molecule has 0 spiro atoms. The SMILES string of the molecule is CC(C)C(O)=C1C(=O)CCCC1=NN(C(=O)OC(C)(C)C)C(C)C. The van der Waals surface area contributed by atoms with Gasteiger partial charge in [-0.05, 0) is 47.5 Å². The van der Waals surface area contributed by atoms with Gasteiger partial charge in [0.05, 0.1) is 17.3 Å². The Kier molecular flexibility index (Phi) is 6.58. The number of carbonyl (C=O) groups is 2. The zero-order chi connectivity index (χ0) is 18.7. The molecule has 0 aromatic rings. The third kappa shape index (κ3) is 5.35. The van der Waals surface area contributed by atoms with Crippen LogP contribution in [0.5, 0.6) is 0 Å². The second kappa shape index (κ2) is 7.81. The first-order chi connectivity index (χ1) is 10.9. The Bertz CT molecular complexity index is 554. The van der Waals surface area contributed by atoms with Crippen LogP contribution >= 0.6 is 0 Å². The van der Waals surface area contributed by atoms with E-state index in [0.29, 0.717) is 25.0 Å². The van der Waals surface area contributed by atoms with E-state index < -0.39 is 11.7 Å². The smallest absolute Gasteiger partial charge is 0.431 e. The molecule has 1 fully saturated rings. The maximum atomic E-state index is 12.4. The van der Waals surface area contributed by atoms with E-state index >= 15 is 0 Å². The van der Waals surface area contributed by atoms with Crippen LogP contribution in [0.25, 0.3) is 0 Å². The quantitative estimate of drug-likeness (QED) is 0.475. The van der Waals surface area contributed by atoms with E-state index in [0.717, 1.165) is 0 Å². The van der Waals surface area contributed by atoms with Gasteiger partial charge < -0.3 is 9.84 Å². The predicted octanol–water partition coefficient (Wildman–Crippen LogP) is 4.21. The summed E-state index contributed by atoms with van der Waals surface area (Å²) in [6.45, 7) is 12.6. The highest BCUT2D eigenvalue weighted by Crippen LogP contribution is 2.25. The number of nitrogens with zero attached hydrogens (tertiary/aromatic N) is 2. The largest absolute Gasteiger partial charge is 0.511 e. The van der Waals surface area contributed by atoms with Gasteiger partial charge in [0.15, 0.2) is 5.78 Å². The Balaban J connectivity index is 3.26. The van der Waals surface area contributed by atoms with E-state index in [-0.39, 0.29) is 29.1 Å². The number of hydrogen-bond donors (Lipinski definition) is 1. The van der Waals surface area contributed by atoms with E-state index in [1.54, 1.807) is 20.8 Å². The summed E-state index contributed by atoms with van der Waals surface area (Å²) in [6, 6.07) is -0.230. The van der Waals surface area contributed by atoms with Crippen molar-refractivity contribution in [3.05, 3.63) is 11.3 Å². The Morgan fingerprint density at radius 3 is 2.25 bits per heavy atom. The maximum Gasteiger partial charge on any atom is 0.431 e. The van der Waals surface area contributed by atoms with Crippen LogP contribution < -0.4 is 0 Å². The second-order valence-electron chi connectivity index (χ2n) is 7.66. The van der Waals surface area contributed by atoms with Crippen molar-refractivity contribution in [1.29, 1.82) is 0 Å². The number of aliphatic hydroxyl groups excluding tert-OH is 1. The molecular weight excluding hydrogens is 308 g/mol. The second-order valence-corrected chi connectivity index (χ2v) is 7.66. The molecule has 0 bridgehead atoms. The zero-order valence-electron chi connectivity index (χ0n) is 15.8. The monoisotopic (exact) mass is 338 g/mol. The molecule has 0 unspecified atom stereocenters. The van der Waals surface area contributed by atoms with Crippen molar-refractivity contribution in [2.45, 2.75) is 79.4 Å². The molecule has 136 valence electrons. The van der Waals surface area contributed by atoms with Gasteiger partial charge in [-0.25, -0.2) is 4.79 Å². The number of carbonyl (C=O) groups excluding carboxylic acids is 2. The lowest BCUT2D eigenvalue weighted by Gasteiger charge is -2.28. The summed E-state index contributed by atoms with van der Waals surface area (Å²) in [5.41, 5.74) is 0.0772. The molecule has 1 saturated carbocycles. The first-order valence-corrected chi connectivity index (χ1v) is 8.50. The van der Waals surface area contributed by atoms with E-state index in [9.17, 15) is 14.7 Å². The van der Waals surface area contributed by atoms with Crippen molar-refractivity contribution in [3.63, 3.8) is 0 Å². The molecule has 1 amide bonds. The number of ketones is 1. The van der Waals surface area contributed by atoms with Gasteiger partial charge in [-0.2, -0.15) is 10.1 Å². The highest BCUT2D eigenvalue weighted by molar-refractivity contribution is 6.24. The number of Topliss-reactive ketones (excluding diaryl/α,β-unsaturated/α-hetero) is 1. The Hall–Kier alpha value is -1.85. The molecule has 0 aromatic carbocycles. The summed E-state index contributed by atoms with van der Waals surface area (Å²) >= 11 is 0. The third-order valence-corrected chi connectivity index (χ3v) is 3.49. The first kappa shape index (κ1) is 20.2. The van der Waals surface area contributed by atoms with E-state index in [4.69, 9.17) is 4.74 Å². The van der Waals surface area contributed by atoms with Crippen LogP contribution in [0.3, 0.4) is 0 Å². The van der Waals surface area contributed by atoms with Gasteiger partial charge in [0.25, 0.3) is 0 Å². The number of hydrogen-bond acceptors (Lipinski definition) is 5. The van der Waals surface area contributed by atoms with Gasteiger partial charge in [0, 0.05) is 12.3 Å². The van der Waals surface area contributed by atoms with Gasteiger partial charge in [0.2, 0.25) is 0 Å². The lowest BCUT2D eigenvalue weighted by Crippen LogP contribution is -2.39. The van der Waals surface area contributed by atoms with Crippen molar-refractivity contribution in [2.24, 2.45) is 11.0 Å². The third-order valence-electron chi connectivity index (χ3n) is 3.49. The van der Waals surface area contributed by atoms with E-state index in [1.165, 1.54) is 5.01 Å². The van der Waals surface area contributed by atoms with Gasteiger partial charge >= 0.3 is 6.09 Å². The van der Waals surface area contributed by atoms with Crippen molar-refractivity contribution < 1.29 is 19.4 Å². The number of ether oxygens (including phenoxy) is 1. The van der Waals surface area contributed by atoms with Crippen LogP contribution in [-0.4, -0.2) is 39.3 Å². The molecule has 0 radical (unpaired) electrons. The average Bonchev–Trinajstić information content (AvgIpc) is 2.41. The van der Waals surface area contributed by atoms with E-state index in [2.05, 4.69) is 5.10 Å². The fourth-order valence-electron chi connectivity index (χ4n) is 2.31. The summed E-state index contributed by atoms with van der Waals surface area (Å²) in [5.74, 6) is -0.272. The summed E-state index contributed by atoms with van der Waals surface area (Å²) in [6.07, 6.45) is 1.03. The Labute approximate surface area is 144 Å². The van der Waals surface area contributed by atoms with Crippen LogP contribution in [0.1, 0.15) is 67.7 Å². The summed E-state index contributed by atoms with van der Waals surface area (Å²) in [7, 11) is 0. The van der Waals surface area contributed by atoms with Crippen LogP contribution in [0.2, 0.25) is 0 Å². The molecule has 1 aliphatic carbocycles. The molecule has 1 aliphatic rings. The topological polar surface area (TPSA) is 79.2 Å². The number of rotatable bonds is 3. The fraction of sp³-hybridized carbons (Fsp3) is 0.722. The normalized spacial score (nSPS) is 19.9. The molecule has 0 atom stereocenters. The molecule has 0 aromatic heterocycles. The van der Waals surface area contributed by atoms with Crippen molar-refractivity contribution in [2.75, 3.05) is 0 Å². The van der Waals surface area contributed by atoms with Gasteiger partial charge in [-0.3, -0.25) is 4.79 Å². The van der Waals surface area contributed by atoms with Crippen LogP contribution in [0.15, 0.2) is 16.4 Å². The van der Waals surface area contributed by atoms with Crippen molar-refractivity contribution in [1.82, 2.24) is 5.01 Å². The summed E-state index contributed by atoms with van der Waals surface area (Å²) in [5, 5.41) is 15.9. The van der Waals surface area contributed by atoms with Gasteiger partial charge in [0.1, 0.15) is 11.4 Å². The molecule has 0 aliphatic heterocycles.